The van der Waals surface area contributed by atoms with Gasteiger partial charge in [-0.3, -0.25) is 4.98 Å². The minimum Gasteiger partial charge on any atom is -0.349 e. The summed E-state index contributed by atoms with van der Waals surface area (Å²) < 4.78 is 2.21. The molecule has 0 fully saturated rings. The molecule has 0 aliphatic heterocycles. The van der Waals surface area contributed by atoms with Crippen molar-refractivity contribution in [3.8, 4) is 0 Å². The van der Waals surface area contributed by atoms with Crippen molar-refractivity contribution < 1.29 is 0 Å². The predicted molar refractivity (Wildman–Crippen MR) is 72.2 cm³/mol. The standard InChI is InChI=1S/C13H19N3S/c1-11(2)5-14-6-12-3-4-16(8-12)9-13-7-15-10-17-13/h3-4,7-8,10-11,14H,5-6,9H2,1-2H3. The summed E-state index contributed by atoms with van der Waals surface area (Å²) in [5, 5.41) is 3.45. The molecule has 0 bridgehead atoms. The SMILES string of the molecule is CC(C)CNCc1ccn(Cc2cncs2)c1. The maximum Gasteiger partial charge on any atom is 0.0794 e. The highest BCUT2D eigenvalue weighted by Gasteiger charge is 2.00. The molecule has 0 aliphatic carbocycles. The van der Waals surface area contributed by atoms with Gasteiger partial charge in [0.25, 0.3) is 0 Å². The second-order valence-corrected chi connectivity index (χ2v) is 5.66. The Morgan fingerprint density at radius 3 is 3.06 bits per heavy atom. The van der Waals surface area contributed by atoms with Gasteiger partial charge in [-0.2, -0.15) is 0 Å². The van der Waals surface area contributed by atoms with Crippen LogP contribution in [-0.4, -0.2) is 16.1 Å². The Hall–Kier alpha value is -1.13. The van der Waals surface area contributed by atoms with E-state index in [0.29, 0.717) is 5.92 Å². The molecule has 0 saturated heterocycles. The molecule has 2 aromatic rings. The second-order valence-electron chi connectivity index (χ2n) is 4.68. The normalized spacial score (nSPS) is 11.2. The third-order valence-corrected chi connectivity index (χ3v) is 3.28. The van der Waals surface area contributed by atoms with Gasteiger partial charge in [0.15, 0.2) is 0 Å². The Morgan fingerprint density at radius 1 is 1.47 bits per heavy atom. The van der Waals surface area contributed by atoms with Crippen LogP contribution in [0.15, 0.2) is 30.2 Å². The lowest BCUT2D eigenvalue weighted by atomic mass is 10.2. The summed E-state index contributed by atoms with van der Waals surface area (Å²) in [5.74, 6) is 0.703. The minimum atomic E-state index is 0.703. The van der Waals surface area contributed by atoms with Gasteiger partial charge in [-0.05, 0) is 24.1 Å². The summed E-state index contributed by atoms with van der Waals surface area (Å²) in [4.78, 5) is 5.38. The summed E-state index contributed by atoms with van der Waals surface area (Å²) in [7, 11) is 0. The van der Waals surface area contributed by atoms with E-state index in [2.05, 4.69) is 47.2 Å². The van der Waals surface area contributed by atoms with Crippen LogP contribution in [0, 0.1) is 5.92 Å². The Bertz CT molecular complexity index is 431. The van der Waals surface area contributed by atoms with Crippen molar-refractivity contribution in [1.82, 2.24) is 14.9 Å². The van der Waals surface area contributed by atoms with Crippen LogP contribution in [0.25, 0.3) is 0 Å². The van der Waals surface area contributed by atoms with Crippen LogP contribution in [0.1, 0.15) is 24.3 Å². The lowest BCUT2D eigenvalue weighted by Crippen LogP contribution is -2.18. The van der Waals surface area contributed by atoms with E-state index in [0.717, 1.165) is 19.6 Å². The summed E-state index contributed by atoms with van der Waals surface area (Å²) in [6, 6.07) is 2.17. The van der Waals surface area contributed by atoms with E-state index < -0.39 is 0 Å². The minimum absolute atomic E-state index is 0.703. The molecule has 2 rings (SSSR count). The molecule has 0 aliphatic rings. The Labute approximate surface area is 107 Å². The first-order chi connectivity index (χ1) is 8.24. The summed E-state index contributed by atoms with van der Waals surface area (Å²) in [6.07, 6.45) is 6.26. The lowest BCUT2D eigenvalue weighted by Gasteiger charge is -2.05. The van der Waals surface area contributed by atoms with Gasteiger partial charge in [-0.15, -0.1) is 11.3 Å². The Balaban J connectivity index is 1.83. The van der Waals surface area contributed by atoms with E-state index in [1.807, 2.05) is 11.7 Å². The van der Waals surface area contributed by atoms with Crippen LogP contribution in [0.3, 0.4) is 0 Å². The van der Waals surface area contributed by atoms with Crippen molar-refractivity contribution in [2.24, 2.45) is 5.92 Å². The largest absolute Gasteiger partial charge is 0.349 e. The molecule has 0 saturated carbocycles. The van der Waals surface area contributed by atoms with E-state index >= 15 is 0 Å². The van der Waals surface area contributed by atoms with Crippen LogP contribution < -0.4 is 5.32 Å². The molecule has 0 aromatic carbocycles. The molecule has 0 unspecified atom stereocenters. The van der Waals surface area contributed by atoms with E-state index in [9.17, 15) is 0 Å². The molecular weight excluding hydrogens is 230 g/mol. The molecule has 1 N–H and O–H groups in total. The number of nitrogens with zero attached hydrogens (tertiary/aromatic N) is 2. The molecule has 0 radical (unpaired) electrons. The monoisotopic (exact) mass is 249 g/mol. The van der Waals surface area contributed by atoms with Crippen molar-refractivity contribution >= 4 is 11.3 Å². The highest BCUT2D eigenvalue weighted by Crippen LogP contribution is 2.09. The van der Waals surface area contributed by atoms with E-state index in [4.69, 9.17) is 0 Å². The fourth-order valence-electron chi connectivity index (χ4n) is 1.70. The van der Waals surface area contributed by atoms with Crippen LogP contribution >= 0.6 is 11.3 Å². The third-order valence-electron chi connectivity index (χ3n) is 2.52. The van der Waals surface area contributed by atoms with Crippen molar-refractivity contribution in [2.75, 3.05) is 6.54 Å². The zero-order chi connectivity index (χ0) is 12.1. The first kappa shape index (κ1) is 12.3. The highest BCUT2D eigenvalue weighted by atomic mass is 32.1. The molecule has 4 heteroatoms. The average Bonchev–Trinajstić information content (AvgIpc) is 2.90. The van der Waals surface area contributed by atoms with Gasteiger partial charge in [0.1, 0.15) is 0 Å². The molecule has 0 amide bonds. The first-order valence-corrected chi connectivity index (χ1v) is 6.85. The molecule has 0 spiro atoms. The number of rotatable bonds is 6. The Morgan fingerprint density at radius 2 is 2.35 bits per heavy atom. The molecule has 17 heavy (non-hydrogen) atoms. The van der Waals surface area contributed by atoms with Crippen LogP contribution in [0.2, 0.25) is 0 Å². The molecule has 3 nitrogen and oxygen atoms in total. The van der Waals surface area contributed by atoms with Gasteiger partial charge in [-0.25, -0.2) is 0 Å². The van der Waals surface area contributed by atoms with Gasteiger partial charge in [0.2, 0.25) is 0 Å². The number of nitrogens with one attached hydrogen (secondary N) is 1. The van der Waals surface area contributed by atoms with E-state index in [1.165, 1.54) is 10.4 Å². The summed E-state index contributed by atoms with van der Waals surface area (Å²) >= 11 is 1.70. The lowest BCUT2D eigenvalue weighted by molar-refractivity contribution is 0.552. The molecule has 92 valence electrons. The van der Waals surface area contributed by atoms with Crippen molar-refractivity contribution in [3.05, 3.63) is 40.6 Å². The fraction of sp³-hybridized carbons (Fsp3) is 0.462. The van der Waals surface area contributed by atoms with Crippen LogP contribution in [0.4, 0.5) is 0 Å². The molecule has 0 atom stereocenters. The predicted octanol–water partition coefficient (Wildman–Crippen LogP) is 2.74. The zero-order valence-electron chi connectivity index (χ0n) is 10.4. The first-order valence-electron chi connectivity index (χ1n) is 5.97. The molecule has 2 aromatic heterocycles. The topological polar surface area (TPSA) is 29.9 Å². The van der Waals surface area contributed by atoms with Crippen LogP contribution in [0.5, 0.6) is 0 Å². The third kappa shape index (κ3) is 3.98. The smallest absolute Gasteiger partial charge is 0.0794 e. The van der Waals surface area contributed by atoms with Crippen molar-refractivity contribution in [2.45, 2.75) is 26.9 Å². The van der Waals surface area contributed by atoms with E-state index in [-0.39, 0.29) is 0 Å². The number of thiazole rings is 1. The van der Waals surface area contributed by atoms with Crippen LogP contribution in [-0.2, 0) is 13.1 Å². The molecule has 2 heterocycles. The second kappa shape index (κ2) is 5.98. The maximum absolute atomic E-state index is 4.09. The number of hydrogen-bond acceptors (Lipinski definition) is 3. The fourth-order valence-corrected chi connectivity index (χ4v) is 2.30. The quantitative estimate of drug-likeness (QED) is 0.853. The van der Waals surface area contributed by atoms with Gasteiger partial charge >= 0.3 is 0 Å². The Kier molecular flexibility index (Phi) is 4.34. The number of hydrogen-bond donors (Lipinski definition) is 1. The highest BCUT2D eigenvalue weighted by molar-refractivity contribution is 7.09. The average molecular weight is 249 g/mol. The van der Waals surface area contributed by atoms with Gasteiger partial charge < -0.3 is 9.88 Å². The van der Waals surface area contributed by atoms with Gasteiger partial charge in [0, 0.05) is 30.0 Å². The molecular formula is C13H19N3S. The zero-order valence-corrected chi connectivity index (χ0v) is 11.2. The van der Waals surface area contributed by atoms with E-state index in [1.54, 1.807) is 11.3 Å². The number of aromatic nitrogens is 2. The summed E-state index contributed by atoms with van der Waals surface area (Å²) in [6.45, 7) is 7.40. The summed E-state index contributed by atoms with van der Waals surface area (Å²) in [5.41, 5.74) is 3.22. The van der Waals surface area contributed by atoms with Gasteiger partial charge in [-0.1, -0.05) is 13.8 Å². The van der Waals surface area contributed by atoms with Gasteiger partial charge in [0.05, 0.1) is 12.1 Å². The maximum atomic E-state index is 4.09. The van der Waals surface area contributed by atoms with Crippen molar-refractivity contribution in [1.29, 1.82) is 0 Å². The van der Waals surface area contributed by atoms with Crippen molar-refractivity contribution in [3.63, 3.8) is 0 Å².